The Kier molecular flexibility index (Phi) is 2.80. The van der Waals surface area contributed by atoms with Crippen LogP contribution in [0.3, 0.4) is 0 Å². The Morgan fingerprint density at radius 1 is 1.46 bits per heavy atom. The molecule has 0 fully saturated rings. The van der Waals surface area contributed by atoms with Gasteiger partial charge in [0, 0.05) is 5.57 Å². The maximum absolute atomic E-state index is 10.2. The van der Waals surface area contributed by atoms with Gasteiger partial charge in [0.1, 0.15) is 0 Å². The first kappa shape index (κ1) is 9.45. The van der Waals surface area contributed by atoms with E-state index in [0.717, 1.165) is 17.3 Å². The van der Waals surface area contributed by atoms with Crippen LogP contribution in [0.25, 0.3) is 5.57 Å². The summed E-state index contributed by atoms with van der Waals surface area (Å²) in [5.74, 6) is 0. The number of nitro groups is 1. The van der Waals surface area contributed by atoms with Gasteiger partial charge in [-0.2, -0.15) is 0 Å². The molecule has 0 aliphatic carbocycles. The molecule has 0 aliphatic rings. The van der Waals surface area contributed by atoms with E-state index in [4.69, 9.17) is 0 Å². The summed E-state index contributed by atoms with van der Waals surface area (Å²) in [4.78, 5) is 9.79. The van der Waals surface area contributed by atoms with Crippen molar-refractivity contribution in [2.45, 2.75) is 13.8 Å². The predicted molar refractivity (Wildman–Crippen MR) is 51.8 cm³/mol. The summed E-state index contributed by atoms with van der Waals surface area (Å²) in [6.45, 7) is 3.68. The molecule has 0 bridgehead atoms. The minimum Gasteiger partial charge on any atom is -0.259 e. The Morgan fingerprint density at radius 2 is 2.08 bits per heavy atom. The first-order valence-corrected chi connectivity index (χ1v) is 3.99. The van der Waals surface area contributed by atoms with Crippen molar-refractivity contribution in [1.82, 2.24) is 0 Å². The van der Waals surface area contributed by atoms with E-state index < -0.39 is 4.92 Å². The summed E-state index contributed by atoms with van der Waals surface area (Å²) in [7, 11) is 0. The average Bonchev–Trinajstić information content (AvgIpc) is 2.03. The molecule has 0 spiro atoms. The molecule has 3 heteroatoms. The van der Waals surface area contributed by atoms with Crippen molar-refractivity contribution in [2.24, 2.45) is 0 Å². The lowest BCUT2D eigenvalue weighted by molar-refractivity contribution is -0.401. The average molecular weight is 177 g/mol. The van der Waals surface area contributed by atoms with Crippen molar-refractivity contribution in [3.8, 4) is 0 Å². The van der Waals surface area contributed by atoms with Crippen molar-refractivity contribution in [3.05, 3.63) is 51.7 Å². The summed E-state index contributed by atoms with van der Waals surface area (Å²) in [5, 5.41) is 10.2. The molecule has 0 heterocycles. The van der Waals surface area contributed by atoms with Gasteiger partial charge in [0.25, 0.3) is 0 Å². The Morgan fingerprint density at radius 3 is 2.62 bits per heavy atom. The number of hydrogen-bond acceptors (Lipinski definition) is 2. The van der Waals surface area contributed by atoms with E-state index in [1.165, 1.54) is 0 Å². The van der Waals surface area contributed by atoms with Gasteiger partial charge in [-0.25, -0.2) is 0 Å². The maximum atomic E-state index is 10.2. The topological polar surface area (TPSA) is 43.1 Å². The smallest absolute Gasteiger partial charge is 0.237 e. The van der Waals surface area contributed by atoms with Gasteiger partial charge in [-0.3, -0.25) is 10.1 Å². The van der Waals surface area contributed by atoms with Crippen molar-refractivity contribution in [2.75, 3.05) is 0 Å². The standard InChI is InChI=1S/C10H11NO2/c1-8-5-3-4-6-10(8)9(2)7-11(12)13/h3-7H,1-2H3/b9-7+. The lowest BCUT2D eigenvalue weighted by Crippen LogP contribution is -1.89. The zero-order chi connectivity index (χ0) is 9.84. The molecule has 0 atom stereocenters. The van der Waals surface area contributed by atoms with Crippen molar-refractivity contribution < 1.29 is 4.92 Å². The predicted octanol–water partition coefficient (Wildman–Crippen LogP) is 2.63. The largest absolute Gasteiger partial charge is 0.259 e. The van der Waals surface area contributed by atoms with Gasteiger partial charge in [0.05, 0.1) is 4.92 Å². The molecule has 0 radical (unpaired) electrons. The summed E-state index contributed by atoms with van der Waals surface area (Å²) < 4.78 is 0. The lowest BCUT2D eigenvalue weighted by Gasteiger charge is -2.02. The molecule has 0 saturated carbocycles. The zero-order valence-electron chi connectivity index (χ0n) is 7.65. The van der Waals surface area contributed by atoms with Gasteiger partial charge in [-0.05, 0) is 25.0 Å². The molecular formula is C10H11NO2. The SMILES string of the molecule is C/C(=C\[N+](=O)[O-])c1ccccc1C. The van der Waals surface area contributed by atoms with Gasteiger partial charge >= 0.3 is 0 Å². The molecule has 0 saturated heterocycles. The van der Waals surface area contributed by atoms with Gasteiger partial charge in [-0.15, -0.1) is 0 Å². The van der Waals surface area contributed by atoms with Crippen LogP contribution in [0.2, 0.25) is 0 Å². The molecule has 0 amide bonds. The minimum atomic E-state index is -0.429. The normalized spacial score (nSPS) is 11.4. The van der Waals surface area contributed by atoms with Crippen LogP contribution < -0.4 is 0 Å². The third kappa shape index (κ3) is 2.40. The number of rotatable bonds is 2. The molecule has 1 aromatic carbocycles. The molecule has 1 aromatic rings. The highest BCUT2D eigenvalue weighted by Gasteiger charge is 2.02. The molecular weight excluding hydrogens is 166 g/mol. The van der Waals surface area contributed by atoms with E-state index in [-0.39, 0.29) is 0 Å². The first-order valence-electron chi connectivity index (χ1n) is 3.99. The number of benzene rings is 1. The highest BCUT2D eigenvalue weighted by Crippen LogP contribution is 2.17. The summed E-state index contributed by atoms with van der Waals surface area (Å²) in [6.07, 6.45) is 1.03. The van der Waals surface area contributed by atoms with Crippen LogP contribution in [0.4, 0.5) is 0 Å². The highest BCUT2D eigenvalue weighted by molar-refractivity contribution is 5.65. The van der Waals surface area contributed by atoms with E-state index in [1.807, 2.05) is 31.2 Å². The van der Waals surface area contributed by atoms with Gasteiger partial charge in [0.2, 0.25) is 6.20 Å². The van der Waals surface area contributed by atoms with Crippen molar-refractivity contribution in [3.63, 3.8) is 0 Å². The Labute approximate surface area is 76.9 Å². The van der Waals surface area contributed by atoms with Crippen molar-refractivity contribution in [1.29, 1.82) is 0 Å². The van der Waals surface area contributed by atoms with E-state index in [2.05, 4.69) is 0 Å². The molecule has 0 aliphatic heterocycles. The van der Waals surface area contributed by atoms with Crippen LogP contribution in [-0.2, 0) is 0 Å². The summed E-state index contributed by atoms with van der Waals surface area (Å²) in [5.41, 5.74) is 2.67. The van der Waals surface area contributed by atoms with Crippen LogP contribution in [0.5, 0.6) is 0 Å². The van der Waals surface area contributed by atoms with Crippen LogP contribution >= 0.6 is 0 Å². The monoisotopic (exact) mass is 177 g/mol. The third-order valence-electron chi connectivity index (χ3n) is 1.87. The van der Waals surface area contributed by atoms with E-state index in [1.54, 1.807) is 6.92 Å². The van der Waals surface area contributed by atoms with Gasteiger partial charge in [-0.1, -0.05) is 24.3 Å². The summed E-state index contributed by atoms with van der Waals surface area (Å²) in [6, 6.07) is 7.61. The number of aryl methyl sites for hydroxylation is 1. The fraction of sp³-hybridized carbons (Fsp3) is 0.200. The highest BCUT2D eigenvalue weighted by atomic mass is 16.6. The van der Waals surface area contributed by atoms with Gasteiger partial charge < -0.3 is 0 Å². The van der Waals surface area contributed by atoms with Crippen molar-refractivity contribution >= 4 is 5.57 Å². The molecule has 68 valence electrons. The maximum Gasteiger partial charge on any atom is 0.237 e. The fourth-order valence-electron chi connectivity index (χ4n) is 1.24. The number of nitrogens with zero attached hydrogens (tertiary/aromatic N) is 1. The first-order chi connectivity index (χ1) is 6.11. The second kappa shape index (κ2) is 3.85. The van der Waals surface area contributed by atoms with Crippen LogP contribution in [0.15, 0.2) is 30.5 Å². The van der Waals surface area contributed by atoms with Crippen LogP contribution in [0, 0.1) is 17.0 Å². The second-order valence-electron chi connectivity index (χ2n) is 2.91. The summed E-state index contributed by atoms with van der Waals surface area (Å²) >= 11 is 0. The van der Waals surface area contributed by atoms with Crippen LogP contribution in [-0.4, -0.2) is 4.92 Å². The molecule has 0 unspecified atom stereocenters. The number of hydrogen-bond donors (Lipinski definition) is 0. The van der Waals surface area contributed by atoms with E-state index >= 15 is 0 Å². The molecule has 0 aromatic heterocycles. The quantitative estimate of drug-likeness (QED) is 0.514. The Bertz CT molecular complexity index is 356. The van der Waals surface area contributed by atoms with E-state index in [9.17, 15) is 10.1 Å². The molecule has 0 N–H and O–H groups in total. The zero-order valence-corrected chi connectivity index (χ0v) is 7.65. The lowest BCUT2D eigenvalue weighted by atomic mass is 10.0. The minimum absolute atomic E-state index is 0.429. The number of allylic oxidation sites excluding steroid dienone is 1. The third-order valence-corrected chi connectivity index (χ3v) is 1.87. The Hall–Kier alpha value is -1.64. The van der Waals surface area contributed by atoms with Gasteiger partial charge in [0.15, 0.2) is 0 Å². The molecule has 3 nitrogen and oxygen atoms in total. The molecule has 1 rings (SSSR count). The Balaban J connectivity index is 3.08. The molecule has 13 heavy (non-hydrogen) atoms. The van der Waals surface area contributed by atoms with Crippen LogP contribution in [0.1, 0.15) is 18.1 Å². The fourth-order valence-corrected chi connectivity index (χ4v) is 1.24. The van der Waals surface area contributed by atoms with E-state index in [0.29, 0.717) is 5.57 Å². The second-order valence-corrected chi connectivity index (χ2v) is 2.91.